The molecule has 1 aromatic carbocycles. The first kappa shape index (κ1) is 15.2. The Bertz CT molecular complexity index is 496. The van der Waals surface area contributed by atoms with Crippen LogP contribution in [0.15, 0.2) is 12.1 Å². The fourth-order valence-electron chi connectivity index (χ4n) is 1.96. The Labute approximate surface area is 112 Å². The normalized spacial score (nSPS) is 10.3. The Morgan fingerprint density at radius 3 is 2.16 bits per heavy atom. The maximum absolute atomic E-state index is 12.3. The van der Waals surface area contributed by atoms with E-state index in [-0.39, 0.29) is 23.6 Å². The van der Waals surface area contributed by atoms with Gasteiger partial charge in [0.15, 0.2) is 0 Å². The van der Waals surface area contributed by atoms with Crippen molar-refractivity contribution in [1.29, 1.82) is 0 Å². The SMILES string of the molecule is Cc1ccc(C)c(C(=O)N(C)CCCO)c1C(=O)O. The van der Waals surface area contributed by atoms with Crippen LogP contribution < -0.4 is 0 Å². The van der Waals surface area contributed by atoms with Gasteiger partial charge < -0.3 is 15.1 Å². The van der Waals surface area contributed by atoms with Crippen LogP contribution in [0.2, 0.25) is 0 Å². The third-order valence-corrected chi connectivity index (χ3v) is 3.05. The molecular formula is C14H19NO4. The standard InChI is InChI=1S/C14H19NO4/c1-9-5-6-10(2)12(14(18)19)11(9)13(17)15(3)7-4-8-16/h5-6,16H,4,7-8H2,1-3H3,(H,18,19). The van der Waals surface area contributed by atoms with E-state index in [2.05, 4.69) is 0 Å². The summed E-state index contributed by atoms with van der Waals surface area (Å²) in [5.74, 6) is -1.42. The second kappa shape index (κ2) is 6.33. The number of aromatic carboxylic acids is 1. The molecule has 0 saturated heterocycles. The summed E-state index contributed by atoms with van der Waals surface area (Å²) >= 11 is 0. The topological polar surface area (TPSA) is 77.8 Å². The van der Waals surface area contributed by atoms with Gasteiger partial charge in [-0.25, -0.2) is 4.79 Å². The lowest BCUT2D eigenvalue weighted by Crippen LogP contribution is -2.30. The van der Waals surface area contributed by atoms with Crippen molar-refractivity contribution in [1.82, 2.24) is 4.90 Å². The third-order valence-electron chi connectivity index (χ3n) is 3.05. The molecule has 0 fully saturated rings. The molecule has 0 aliphatic carbocycles. The molecule has 0 unspecified atom stereocenters. The summed E-state index contributed by atoms with van der Waals surface area (Å²) < 4.78 is 0. The Morgan fingerprint density at radius 1 is 1.16 bits per heavy atom. The molecular weight excluding hydrogens is 246 g/mol. The molecule has 1 rings (SSSR count). The van der Waals surface area contributed by atoms with Gasteiger partial charge in [0.05, 0.1) is 11.1 Å². The summed E-state index contributed by atoms with van der Waals surface area (Å²) in [5.41, 5.74) is 1.50. The first-order chi connectivity index (χ1) is 8.90. The fourth-order valence-corrected chi connectivity index (χ4v) is 1.96. The summed E-state index contributed by atoms with van der Waals surface area (Å²) in [6, 6.07) is 3.44. The quantitative estimate of drug-likeness (QED) is 0.844. The molecule has 0 aliphatic heterocycles. The summed E-state index contributed by atoms with van der Waals surface area (Å²) in [4.78, 5) is 25.1. The van der Waals surface area contributed by atoms with E-state index < -0.39 is 5.97 Å². The van der Waals surface area contributed by atoms with Crippen LogP contribution in [0.5, 0.6) is 0 Å². The maximum atomic E-state index is 12.3. The lowest BCUT2D eigenvalue weighted by molar-refractivity contribution is 0.0679. The molecule has 0 aromatic heterocycles. The second-order valence-corrected chi connectivity index (χ2v) is 4.56. The van der Waals surface area contributed by atoms with Gasteiger partial charge in [0.1, 0.15) is 0 Å². The van der Waals surface area contributed by atoms with Crippen LogP contribution in [0.25, 0.3) is 0 Å². The molecule has 19 heavy (non-hydrogen) atoms. The zero-order chi connectivity index (χ0) is 14.6. The number of carbonyl (C=O) groups is 2. The molecule has 104 valence electrons. The smallest absolute Gasteiger partial charge is 0.336 e. The van der Waals surface area contributed by atoms with Crippen LogP contribution in [0.3, 0.4) is 0 Å². The molecule has 0 aliphatic rings. The minimum Gasteiger partial charge on any atom is -0.478 e. The van der Waals surface area contributed by atoms with Crippen LogP contribution in [0.1, 0.15) is 38.3 Å². The number of carboxylic acid groups (broad SMARTS) is 1. The molecule has 0 bridgehead atoms. The van der Waals surface area contributed by atoms with Crippen molar-refractivity contribution in [2.75, 3.05) is 20.2 Å². The maximum Gasteiger partial charge on any atom is 0.336 e. The van der Waals surface area contributed by atoms with E-state index in [0.717, 1.165) is 0 Å². The molecule has 2 N–H and O–H groups in total. The van der Waals surface area contributed by atoms with Crippen LogP contribution in [-0.2, 0) is 0 Å². The number of benzene rings is 1. The van der Waals surface area contributed by atoms with Crippen LogP contribution in [-0.4, -0.2) is 47.2 Å². The zero-order valence-electron chi connectivity index (χ0n) is 11.4. The molecule has 0 spiro atoms. The summed E-state index contributed by atoms with van der Waals surface area (Å²) in [5, 5.41) is 18.0. The first-order valence-electron chi connectivity index (χ1n) is 6.10. The van der Waals surface area contributed by atoms with Gasteiger partial charge in [0.2, 0.25) is 0 Å². The Balaban J connectivity index is 3.22. The number of hydrogen-bond donors (Lipinski definition) is 2. The minimum absolute atomic E-state index is 0.00376. The van der Waals surface area contributed by atoms with Gasteiger partial charge in [-0.15, -0.1) is 0 Å². The predicted octanol–water partition coefficient (Wildman–Crippen LogP) is 1.46. The number of rotatable bonds is 5. The molecule has 0 heterocycles. The number of aliphatic hydroxyl groups excluding tert-OH is 1. The molecule has 5 heteroatoms. The number of carbonyl (C=O) groups excluding carboxylic acids is 1. The Hall–Kier alpha value is -1.88. The average molecular weight is 265 g/mol. The predicted molar refractivity (Wildman–Crippen MR) is 71.5 cm³/mol. The average Bonchev–Trinajstić information content (AvgIpc) is 2.36. The van der Waals surface area contributed by atoms with Gasteiger partial charge in [-0.3, -0.25) is 4.79 Å². The van der Waals surface area contributed by atoms with E-state index in [1.807, 2.05) is 0 Å². The third kappa shape index (κ3) is 3.32. The van der Waals surface area contributed by atoms with E-state index in [1.54, 1.807) is 33.0 Å². The highest BCUT2D eigenvalue weighted by molar-refractivity contribution is 6.06. The number of amides is 1. The molecule has 0 atom stereocenters. The van der Waals surface area contributed by atoms with Crippen LogP contribution in [0.4, 0.5) is 0 Å². The number of nitrogens with zero attached hydrogens (tertiary/aromatic N) is 1. The lowest BCUT2D eigenvalue weighted by Gasteiger charge is -2.20. The number of aryl methyl sites for hydroxylation is 2. The van der Waals surface area contributed by atoms with Gasteiger partial charge in [0, 0.05) is 20.2 Å². The van der Waals surface area contributed by atoms with Crippen LogP contribution >= 0.6 is 0 Å². The lowest BCUT2D eigenvalue weighted by atomic mass is 9.96. The molecule has 1 aromatic rings. The Morgan fingerprint density at radius 2 is 1.68 bits per heavy atom. The highest BCUT2D eigenvalue weighted by Crippen LogP contribution is 2.20. The zero-order valence-corrected chi connectivity index (χ0v) is 11.4. The minimum atomic E-state index is -1.10. The van der Waals surface area contributed by atoms with Gasteiger partial charge >= 0.3 is 5.97 Å². The number of hydrogen-bond acceptors (Lipinski definition) is 3. The second-order valence-electron chi connectivity index (χ2n) is 4.56. The van der Waals surface area contributed by atoms with Gasteiger partial charge in [0.25, 0.3) is 5.91 Å². The van der Waals surface area contributed by atoms with Crippen molar-refractivity contribution in [3.8, 4) is 0 Å². The van der Waals surface area contributed by atoms with E-state index in [0.29, 0.717) is 24.1 Å². The molecule has 0 radical (unpaired) electrons. The monoisotopic (exact) mass is 265 g/mol. The Kier molecular flexibility index (Phi) is 5.06. The highest BCUT2D eigenvalue weighted by atomic mass is 16.4. The fraction of sp³-hybridized carbons (Fsp3) is 0.429. The first-order valence-corrected chi connectivity index (χ1v) is 6.10. The van der Waals surface area contributed by atoms with Gasteiger partial charge in [-0.2, -0.15) is 0 Å². The summed E-state index contributed by atoms with van der Waals surface area (Å²) in [6.45, 7) is 3.78. The molecule has 1 amide bonds. The van der Waals surface area contributed by atoms with E-state index in [4.69, 9.17) is 5.11 Å². The van der Waals surface area contributed by atoms with Crippen molar-refractivity contribution >= 4 is 11.9 Å². The van der Waals surface area contributed by atoms with Crippen molar-refractivity contribution in [2.45, 2.75) is 20.3 Å². The van der Waals surface area contributed by atoms with Crippen molar-refractivity contribution in [3.05, 3.63) is 34.4 Å². The summed E-state index contributed by atoms with van der Waals surface area (Å²) in [6.07, 6.45) is 0.468. The van der Waals surface area contributed by atoms with E-state index in [1.165, 1.54) is 4.90 Å². The van der Waals surface area contributed by atoms with Crippen LogP contribution in [0, 0.1) is 13.8 Å². The van der Waals surface area contributed by atoms with Gasteiger partial charge in [-0.05, 0) is 31.4 Å². The van der Waals surface area contributed by atoms with Crippen molar-refractivity contribution < 1.29 is 19.8 Å². The number of aliphatic hydroxyl groups is 1. The molecule has 0 saturated carbocycles. The van der Waals surface area contributed by atoms with Crippen molar-refractivity contribution in [3.63, 3.8) is 0 Å². The number of carboxylic acids is 1. The largest absolute Gasteiger partial charge is 0.478 e. The van der Waals surface area contributed by atoms with E-state index in [9.17, 15) is 14.7 Å². The van der Waals surface area contributed by atoms with Gasteiger partial charge in [-0.1, -0.05) is 12.1 Å². The van der Waals surface area contributed by atoms with E-state index >= 15 is 0 Å². The van der Waals surface area contributed by atoms with Crippen molar-refractivity contribution in [2.24, 2.45) is 0 Å². The molecule has 5 nitrogen and oxygen atoms in total. The summed E-state index contributed by atoms with van der Waals surface area (Å²) in [7, 11) is 1.60. The highest BCUT2D eigenvalue weighted by Gasteiger charge is 2.23.